The smallest absolute Gasteiger partial charge is 0.222 e. The van der Waals surface area contributed by atoms with Gasteiger partial charge in [-0.05, 0) is 44.9 Å². The third kappa shape index (κ3) is 2.95. The lowest BCUT2D eigenvalue weighted by molar-refractivity contribution is -0.124. The SMILES string of the molecule is NC1(CC(=O)NC2CCCC(O)C2)CCC1. The van der Waals surface area contributed by atoms with E-state index in [0.29, 0.717) is 12.8 Å². The predicted octanol–water partition coefficient (Wildman–Crippen LogP) is 0.678. The van der Waals surface area contributed by atoms with Gasteiger partial charge < -0.3 is 16.2 Å². The number of carbonyl (C=O) groups is 1. The van der Waals surface area contributed by atoms with Crippen LogP contribution in [0.3, 0.4) is 0 Å². The van der Waals surface area contributed by atoms with E-state index in [1.165, 1.54) is 0 Å². The van der Waals surface area contributed by atoms with E-state index >= 15 is 0 Å². The quantitative estimate of drug-likeness (QED) is 0.662. The molecule has 0 radical (unpaired) electrons. The first-order valence-electron chi connectivity index (χ1n) is 6.34. The van der Waals surface area contributed by atoms with Crippen LogP contribution in [-0.4, -0.2) is 28.7 Å². The maximum Gasteiger partial charge on any atom is 0.222 e. The van der Waals surface area contributed by atoms with Gasteiger partial charge in [0.25, 0.3) is 0 Å². The molecule has 4 nitrogen and oxygen atoms in total. The predicted molar refractivity (Wildman–Crippen MR) is 61.8 cm³/mol. The Bertz CT molecular complexity index is 264. The Morgan fingerprint density at radius 3 is 2.69 bits per heavy atom. The van der Waals surface area contributed by atoms with Crippen molar-refractivity contribution in [3.63, 3.8) is 0 Å². The molecule has 2 atom stereocenters. The summed E-state index contributed by atoms with van der Waals surface area (Å²) in [6, 6.07) is 0.153. The number of hydrogen-bond donors (Lipinski definition) is 3. The molecule has 0 saturated heterocycles. The van der Waals surface area contributed by atoms with Gasteiger partial charge in [-0.3, -0.25) is 4.79 Å². The first-order chi connectivity index (χ1) is 7.57. The summed E-state index contributed by atoms with van der Waals surface area (Å²) in [5, 5.41) is 12.5. The molecule has 2 aliphatic carbocycles. The van der Waals surface area contributed by atoms with E-state index in [-0.39, 0.29) is 23.6 Å². The standard InChI is InChI=1S/C12H22N2O2/c13-12(5-2-6-12)8-11(16)14-9-3-1-4-10(15)7-9/h9-10,15H,1-8,13H2,(H,14,16). The molecule has 1 amide bonds. The van der Waals surface area contributed by atoms with Crippen LogP contribution in [0.4, 0.5) is 0 Å². The Labute approximate surface area is 96.6 Å². The van der Waals surface area contributed by atoms with E-state index in [4.69, 9.17) is 5.73 Å². The second kappa shape index (κ2) is 4.72. The second-order valence-electron chi connectivity index (χ2n) is 5.48. The number of aliphatic hydroxyl groups excluding tert-OH is 1. The van der Waals surface area contributed by atoms with Crippen molar-refractivity contribution in [3.05, 3.63) is 0 Å². The number of amides is 1. The normalized spacial score (nSPS) is 32.9. The average molecular weight is 226 g/mol. The van der Waals surface area contributed by atoms with Crippen LogP contribution in [0, 0.1) is 0 Å². The van der Waals surface area contributed by atoms with Gasteiger partial charge in [0, 0.05) is 18.0 Å². The van der Waals surface area contributed by atoms with E-state index in [2.05, 4.69) is 5.32 Å². The lowest BCUT2D eigenvalue weighted by Gasteiger charge is -2.38. The van der Waals surface area contributed by atoms with E-state index in [9.17, 15) is 9.90 Å². The number of nitrogens with one attached hydrogen (secondary N) is 1. The minimum absolute atomic E-state index is 0.0568. The number of rotatable bonds is 3. The minimum atomic E-state index is -0.241. The zero-order valence-electron chi connectivity index (χ0n) is 9.74. The van der Waals surface area contributed by atoms with E-state index < -0.39 is 0 Å². The summed E-state index contributed by atoms with van der Waals surface area (Å²) in [7, 11) is 0. The zero-order valence-corrected chi connectivity index (χ0v) is 9.74. The van der Waals surface area contributed by atoms with Crippen LogP contribution in [0.5, 0.6) is 0 Å². The molecule has 0 heterocycles. The molecule has 2 saturated carbocycles. The molecular formula is C12H22N2O2. The summed E-state index contributed by atoms with van der Waals surface area (Å²) in [5.41, 5.74) is 5.79. The molecule has 16 heavy (non-hydrogen) atoms. The van der Waals surface area contributed by atoms with E-state index in [1.807, 2.05) is 0 Å². The van der Waals surface area contributed by atoms with E-state index in [1.54, 1.807) is 0 Å². The van der Waals surface area contributed by atoms with Crippen molar-refractivity contribution in [3.8, 4) is 0 Å². The van der Waals surface area contributed by atoms with Crippen LogP contribution in [0.1, 0.15) is 51.4 Å². The lowest BCUT2D eigenvalue weighted by Crippen LogP contribution is -2.51. The summed E-state index contributed by atoms with van der Waals surface area (Å²) >= 11 is 0. The maximum atomic E-state index is 11.8. The van der Waals surface area contributed by atoms with Gasteiger partial charge in [-0.15, -0.1) is 0 Å². The molecule has 0 spiro atoms. The van der Waals surface area contributed by atoms with Crippen molar-refractivity contribution in [1.82, 2.24) is 5.32 Å². The average Bonchev–Trinajstić information content (AvgIpc) is 2.15. The molecule has 0 aromatic rings. The first kappa shape index (κ1) is 11.9. The Hall–Kier alpha value is -0.610. The summed E-state index contributed by atoms with van der Waals surface area (Å²) in [6.07, 6.45) is 6.83. The highest BCUT2D eigenvalue weighted by molar-refractivity contribution is 5.77. The molecule has 2 rings (SSSR count). The third-order valence-corrected chi connectivity index (χ3v) is 3.87. The lowest BCUT2D eigenvalue weighted by atomic mass is 9.75. The van der Waals surface area contributed by atoms with Gasteiger partial charge in [0.2, 0.25) is 5.91 Å². The largest absolute Gasteiger partial charge is 0.393 e. The molecule has 2 aliphatic rings. The summed E-state index contributed by atoms with van der Waals surface area (Å²) < 4.78 is 0. The Kier molecular flexibility index (Phi) is 3.50. The summed E-state index contributed by atoms with van der Waals surface area (Å²) in [5.74, 6) is 0.0568. The molecule has 2 unspecified atom stereocenters. The number of aliphatic hydroxyl groups is 1. The van der Waals surface area contributed by atoms with Gasteiger partial charge >= 0.3 is 0 Å². The molecule has 0 bridgehead atoms. The third-order valence-electron chi connectivity index (χ3n) is 3.87. The summed E-state index contributed by atoms with van der Waals surface area (Å²) in [4.78, 5) is 11.8. The molecule has 4 N–H and O–H groups in total. The Morgan fingerprint density at radius 2 is 2.12 bits per heavy atom. The first-order valence-corrected chi connectivity index (χ1v) is 6.34. The monoisotopic (exact) mass is 226 g/mol. The number of carbonyl (C=O) groups excluding carboxylic acids is 1. The van der Waals surface area contributed by atoms with E-state index in [0.717, 1.165) is 38.5 Å². The minimum Gasteiger partial charge on any atom is -0.393 e. The fraction of sp³-hybridized carbons (Fsp3) is 0.917. The molecule has 2 fully saturated rings. The van der Waals surface area contributed by atoms with Gasteiger partial charge in [-0.2, -0.15) is 0 Å². The van der Waals surface area contributed by atoms with Crippen LogP contribution >= 0.6 is 0 Å². The topological polar surface area (TPSA) is 75.4 Å². The highest BCUT2D eigenvalue weighted by atomic mass is 16.3. The Balaban J connectivity index is 1.74. The van der Waals surface area contributed by atoms with Crippen molar-refractivity contribution in [2.45, 2.75) is 69.1 Å². The fourth-order valence-corrected chi connectivity index (χ4v) is 2.70. The second-order valence-corrected chi connectivity index (χ2v) is 5.48. The van der Waals surface area contributed by atoms with Crippen LogP contribution in [0.25, 0.3) is 0 Å². The Morgan fingerprint density at radius 1 is 1.38 bits per heavy atom. The maximum absolute atomic E-state index is 11.8. The van der Waals surface area contributed by atoms with Crippen molar-refractivity contribution in [2.75, 3.05) is 0 Å². The van der Waals surface area contributed by atoms with Gasteiger partial charge in [0.1, 0.15) is 0 Å². The van der Waals surface area contributed by atoms with Crippen molar-refractivity contribution in [2.24, 2.45) is 5.73 Å². The van der Waals surface area contributed by atoms with Gasteiger partial charge in [-0.25, -0.2) is 0 Å². The van der Waals surface area contributed by atoms with Crippen LogP contribution in [0.2, 0.25) is 0 Å². The summed E-state index contributed by atoms with van der Waals surface area (Å²) in [6.45, 7) is 0. The zero-order chi connectivity index (χ0) is 11.6. The van der Waals surface area contributed by atoms with Crippen LogP contribution in [0.15, 0.2) is 0 Å². The number of hydrogen-bond acceptors (Lipinski definition) is 3. The fourth-order valence-electron chi connectivity index (χ4n) is 2.70. The van der Waals surface area contributed by atoms with Crippen LogP contribution in [-0.2, 0) is 4.79 Å². The molecule has 0 aromatic heterocycles. The van der Waals surface area contributed by atoms with Gasteiger partial charge in [-0.1, -0.05) is 0 Å². The van der Waals surface area contributed by atoms with Gasteiger partial charge in [0.15, 0.2) is 0 Å². The molecule has 0 aliphatic heterocycles. The molecule has 0 aromatic carbocycles. The van der Waals surface area contributed by atoms with Crippen LogP contribution < -0.4 is 11.1 Å². The number of nitrogens with two attached hydrogens (primary N) is 1. The molecule has 92 valence electrons. The molecular weight excluding hydrogens is 204 g/mol. The highest BCUT2D eigenvalue weighted by Crippen LogP contribution is 2.32. The van der Waals surface area contributed by atoms with Crippen molar-refractivity contribution in [1.29, 1.82) is 0 Å². The highest BCUT2D eigenvalue weighted by Gasteiger charge is 2.35. The molecule has 4 heteroatoms. The van der Waals surface area contributed by atoms with Crippen molar-refractivity contribution >= 4 is 5.91 Å². The van der Waals surface area contributed by atoms with Crippen molar-refractivity contribution < 1.29 is 9.90 Å². The van der Waals surface area contributed by atoms with Gasteiger partial charge in [0.05, 0.1) is 6.10 Å².